The molecule has 0 aliphatic carbocycles. The summed E-state index contributed by atoms with van der Waals surface area (Å²) < 4.78 is 17.1. The molecule has 29 heavy (non-hydrogen) atoms. The quantitative estimate of drug-likeness (QED) is 0.792. The van der Waals surface area contributed by atoms with Crippen LogP contribution < -0.4 is 5.32 Å². The van der Waals surface area contributed by atoms with Gasteiger partial charge in [0, 0.05) is 31.4 Å². The van der Waals surface area contributed by atoms with Crippen LogP contribution in [0.3, 0.4) is 0 Å². The lowest BCUT2D eigenvalue weighted by molar-refractivity contribution is -0.0792. The molecule has 0 aromatic carbocycles. The van der Waals surface area contributed by atoms with E-state index in [-0.39, 0.29) is 23.9 Å². The van der Waals surface area contributed by atoms with Crippen LogP contribution in [-0.2, 0) is 41.1 Å². The van der Waals surface area contributed by atoms with Gasteiger partial charge in [-0.3, -0.25) is 4.79 Å². The van der Waals surface area contributed by atoms with E-state index in [1.807, 2.05) is 4.90 Å². The number of ether oxygens (including phenoxy) is 2. The highest BCUT2D eigenvalue weighted by Gasteiger charge is 2.41. The summed E-state index contributed by atoms with van der Waals surface area (Å²) in [5, 5.41) is 3.41. The number of carbonyl (C=O) groups is 1. The minimum atomic E-state index is -0.204. The van der Waals surface area contributed by atoms with Gasteiger partial charge in [0.1, 0.15) is 18.1 Å². The van der Waals surface area contributed by atoms with E-state index in [0.717, 1.165) is 55.3 Å². The number of nitrogens with zero attached hydrogens (tertiary/aromatic N) is 2. The molecule has 7 nitrogen and oxygen atoms in total. The second kappa shape index (κ2) is 8.35. The van der Waals surface area contributed by atoms with E-state index >= 15 is 0 Å². The van der Waals surface area contributed by atoms with Crippen molar-refractivity contribution in [3.05, 3.63) is 38.7 Å². The first kappa shape index (κ1) is 20.8. The van der Waals surface area contributed by atoms with Gasteiger partial charge in [0.15, 0.2) is 0 Å². The molecule has 1 saturated heterocycles. The number of hydrogen-bond acceptors (Lipinski definition) is 7. The summed E-state index contributed by atoms with van der Waals surface area (Å²) in [6.45, 7) is 4.18. The third-order valence-corrected chi connectivity index (χ3v) is 7.14. The summed E-state index contributed by atoms with van der Waals surface area (Å²) >= 11 is 1.64. The molecule has 3 aliphatic rings. The summed E-state index contributed by atoms with van der Waals surface area (Å²) in [7, 11) is 1.62. The van der Waals surface area contributed by atoms with Crippen molar-refractivity contribution in [2.24, 2.45) is 0 Å². The lowest BCUT2D eigenvalue weighted by Gasteiger charge is -2.40. The molecule has 158 valence electrons. The van der Waals surface area contributed by atoms with E-state index in [1.54, 1.807) is 18.4 Å². The third-order valence-electron chi connectivity index (χ3n) is 5.96. The van der Waals surface area contributed by atoms with Gasteiger partial charge in [-0.05, 0) is 37.6 Å². The summed E-state index contributed by atoms with van der Waals surface area (Å²) in [5.41, 5.74) is 1.89. The molecule has 2 aromatic rings. The molecule has 0 saturated carbocycles. The Hall–Kier alpha value is -1.45. The van der Waals surface area contributed by atoms with Crippen molar-refractivity contribution in [2.45, 2.75) is 44.4 Å². The second-order valence-electron chi connectivity index (χ2n) is 7.68. The molecule has 0 radical (unpaired) electrons. The van der Waals surface area contributed by atoms with Crippen LogP contribution in [0.15, 0.2) is 10.5 Å². The Morgan fingerprint density at radius 3 is 3.00 bits per heavy atom. The van der Waals surface area contributed by atoms with Crippen LogP contribution in [-0.4, -0.2) is 49.1 Å². The highest BCUT2D eigenvalue weighted by Crippen LogP contribution is 2.43. The van der Waals surface area contributed by atoms with Gasteiger partial charge in [-0.2, -0.15) is 0 Å². The molecule has 1 spiro atoms. The van der Waals surface area contributed by atoms with E-state index in [0.29, 0.717) is 32.0 Å². The van der Waals surface area contributed by atoms with Crippen LogP contribution >= 0.6 is 23.7 Å². The third kappa shape index (κ3) is 3.72. The van der Waals surface area contributed by atoms with E-state index < -0.39 is 0 Å². The van der Waals surface area contributed by atoms with Gasteiger partial charge in [0.25, 0.3) is 5.91 Å². The number of nitrogens with one attached hydrogen (secondary N) is 1. The van der Waals surface area contributed by atoms with Crippen LogP contribution in [0.4, 0.5) is 0 Å². The fourth-order valence-corrected chi connectivity index (χ4v) is 5.73. The maximum absolute atomic E-state index is 13.2. The number of fused-ring (bicyclic) bond motifs is 3. The highest BCUT2D eigenvalue weighted by atomic mass is 35.5. The van der Waals surface area contributed by atoms with E-state index in [4.69, 9.17) is 13.9 Å². The molecule has 2 aromatic heterocycles. The average molecular weight is 440 g/mol. The van der Waals surface area contributed by atoms with Crippen molar-refractivity contribution >= 4 is 29.7 Å². The number of amides is 1. The fraction of sp³-hybridized carbons (Fsp3) is 0.600. The van der Waals surface area contributed by atoms with E-state index in [2.05, 4.69) is 16.4 Å². The lowest BCUT2D eigenvalue weighted by Crippen LogP contribution is -2.44. The zero-order valence-corrected chi connectivity index (χ0v) is 18.1. The average Bonchev–Trinajstić information content (AvgIpc) is 3.32. The van der Waals surface area contributed by atoms with E-state index in [1.165, 1.54) is 10.4 Å². The van der Waals surface area contributed by atoms with Crippen molar-refractivity contribution in [3.63, 3.8) is 0 Å². The summed E-state index contributed by atoms with van der Waals surface area (Å²) in [6.07, 6.45) is 3.54. The first-order valence-electron chi connectivity index (χ1n) is 9.92. The SMILES string of the molecule is COCc1nc2c(o1)CCN(C(=O)c1cc3c(s1)CCOC31CCNCC1)C2.Cl. The zero-order valence-electron chi connectivity index (χ0n) is 16.5. The van der Waals surface area contributed by atoms with Gasteiger partial charge >= 0.3 is 0 Å². The van der Waals surface area contributed by atoms with Gasteiger partial charge in [-0.1, -0.05) is 0 Å². The topological polar surface area (TPSA) is 76.8 Å². The molecule has 1 amide bonds. The summed E-state index contributed by atoms with van der Waals surface area (Å²) in [6, 6.07) is 2.10. The molecule has 9 heteroatoms. The Morgan fingerprint density at radius 1 is 1.38 bits per heavy atom. The van der Waals surface area contributed by atoms with Gasteiger partial charge in [0.05, 0.1) is 23.6 Å². The number of oxazole rings is 1. The van der Waals surface area contributed by atoms with Crippen molar-refractivity contribution < 1.29 is 18.7 Å². The molecule has 1 N–H and O–H groups in total. The first-order valence-corrected chi connectivity index (χ1v) is 10.7. The maximum atomic E-state index is 13.2. The molecule has 0 atom stereocenters. The molecular formula is C20H26ClN3O4S. The fourth-order valence-electron chi connectivity index (χ4n) is 4.53. The number of aromatic nitrogens is 1. The smallest absolute Gasteiger partial charge is 0.264 e. The number of halogens is 1. The van der Waals surface area contributed by atoms with Gasteiger partial charge in [-0.25, -0.2) is 4.98 Å². The van der Waals surface area contributed by atoms with Crippen LogP contribution in [0, 0.1) is 0 Å². The summed E-state index contributed by atoms with van der Waals surface area (Å²) in [4.78, 5) is 21.7. The van der Waals surface area contributed by atoms with Crippen molar-refractivity contribution in [1.29, 1.82) is 0 Å². The molecule has 0 unspecified atom stereocenters. The first-order chi connectivity index (χ1) is 13.7. The predicted molar refractivity (Wildman–Crippen MR) is 111 cm³/mol. The normalized spacial score (nSPS) is 20.1. The molecule has 5 rings (SSSR count). The molecule has 3 aliphatic heterocycles. The van der Waals surface area contributed by atoms with Crippen molar-refractivity contribution in [3.8, 4) is 0 Å². The minimum absolute atomic E-state index is 0. The van der Waals surface area contributed by atoms with Crippen molar-refractivity contribution in [1.82, 2.24) is 15.2 Å². The number of piperidine rings is 1. The van der Waals surface area contributed by atoms with Crippen molar-refractivity contribution in [2.75, 3.05) is 33.4 Å². The van der Waals surface area contributed by atoms with Crippen LogP contribution in [0.25, 0.3) is 0 Å². The number of methoxy groups -OCH3 is 1. The second-order valence-corrected chi connectivity index (χ2v) is 8.81. The Labute approximate surface area is 180 Å². The monoisotopic (exact) mass is 439 g/mol. The largest absolute Gasteiger partial charge is 0.443 e. The van der Waals surface area contributed by atoms with Gasteiger partial charge in [-0.15, -0.1) is 23.7 Å². The standard InChI is InChI=1S/C20H25N3O4S.ClH/c1-25-12-18-22-14-11-23(8-2-15(14)27-18)19(24)17-10-13-16(28-17)3-9-26-20(13)4-6-21-7-5-20;/h10,21H,2-9,11-12H2,1H3;1H. The number of hydrogen-bond donors (Lipinski definition) is 1. The van der Waals surface area contributed by atoms with Crippen LogP contribution in [0.2, 0.25) is 0 Å². The Morgan fingerprint density at radius 2 is 2.21 bits per heavy atom. The molecular weight excluding hydrogens is 414 g/mol. The minimum Gasteiger partial charge on any atom is -0.443 e. The Balaban J connectivity index is 0.00000205. The Kier molecular flexibility index (Phi) is 5.99. The molecule has 5 heterocycles. The van der Waals surface area contributed by atoms with E-state index in [9.17, 15) is 4.79 Å². The van der Waals surface area contributed by atoms with Gasteiger partial charge in [0.2, 0.25) is 5.89 Å². The number of thiophene rings is 1. The maximum Gasteiger partial charge on any atom is 0.264 e. The number of rotatable bonds is 3. The lowest BCUT2D eigenvalue weighted by atomic mass is 9.83. The van der Waals surface area contributed by atoms with Gasteiger partial charge < -0.3 is 24.1 Å². The number of carbonyl (C=O) groups excluding carboxylic acids is 1. The van der Waals surface area contributed by atoms with Crippen LogP contribution in [0.1, 0.15) is 50.3 Å². The summed E-state index contributed by atoms with van der Waals surface area (Å²) in [5.74, 6) is 1.55. The highest BCUT2D eigenvalue weighted by molar-refractivity contribution is 7.14. The van der Waals surface area contributed by atoms with Crippen LogP contribution in [0.5, 0.6) is 0 Å². The molecule has 0 bridgehead atoms. The zero-order chi connectivity index (χ0) is 19.1. The predicted octanol–water partition coefficient (Wildman–Crippen LogP) is 2.65. The Bertz CT molecular complexity index is 890. The molecule has 1 fully saturated rings.